The van der Waals surface area contributed by atoms with E-state index in [1.54, 1.807) is 6.07 Å². The molecule has 1 unspecified atom stereocenters. The summed E-state index contributed by atoms with van der Waals surface area (Å²) in [6.07, 6.45) is 4.12. The van der Waals surface area contributed by atoms with Gasteiger partial charge in [0, 0.05) is 31.3 Å². The summed E-state index contributed by atoms with van der Waals surface area (Å²) in [7, 11) is 0. The Hall–Kier alpha value is -3.13. The molecule has 0 spiro atoms. The van der Waals surface area contributed by atoms with Crippen molar-refractivity contribution in [2.45, 2.75) is 57.7 Å². The number of aryl methyl sites for hydroxylation is 1. The van der Waals surface area contributed by atoms with Crippen molar-refractivity contribution >= 4 is 17.7 Å². The molecule has 1 aromatic heterocycles. The Labute approximate surface area is 192 Å². The lowest BCUT2D eigenvalue weighted by Crippen LogP contribution is -2.52. The molecule has 0 radical (unpaired) electrons. The maximum Gasteiger partial charge on any atom is 0.255 e. The minimum atomic E-state index is -0.692. The van der Waals surface area contributed by atoms with Crippen LogP contribution in [-0.4, -0.2) is 51.6 Å². The summed E-state index contributed by atoms with van der Waals surface area (Å²) >= 11 is 0. The number of piperidine rings is 2. The zero-order valence-electron chi connectivity index (χ0n) is 18.6. The highest BCUT2D eigenvalue weighted by Crippen LogP contribution is 2.37. The third-order valence-electron chi connectivity index (χ3n) is 7.04. The summed E-state index contributed by atoms with van der Waals surface area (Å²) in [6, 6.07) is 6.27. The van der Waals surface area contributed by atoms with Crippen LogP contribution >= 0.6 is 0 Å². The first-order chi connectivity index (χ1) is 15.9. The minimum absolute atomic E-state index is 0.159. The molecule has 0 saturated carbocycles. The van der Waals surface area contributed by atoms with Gasteiger partial charge in [-0.05, 0) is 80.1 Å². The van der Waals surface area contributed by atoms with E-state index in [4.69, 9.17) is 0 Å². The molecule has 1 atom stereocenters. The van der Waals surface area contributed by atoms with Gasteiger partial charge in [-0.1, -0.05) is 6.07 Å². The summed E-state index contributed by atoms with van der Waals surface area (Å²) in [5, 5.41) is 2.31. The number of hydrogen-bond acceptors (Lipinski definition) is 5. The fourth-order valence-corrected chi connectivity index (χ4v) is 5.24. The number of benzene rings is 1. The van der Waals surface area contributed by atoms with Crippen LogP contribution in [0.2, 0.25) is 0 Å². The molecule has 33 heavy (non-hydrogen) atoms. The van der Waals surface area contributed by atoms with Gasteiger partial charge in [0.1, 0.15) is 11.9 Å². The van der Waals surface area contributed by atoms with Crippen LogP contribution in [0.5, 0.6) is 0 Å². The molecule has 3 aliphatic rings. The fourth-order valence-electron chi connectivity index (χ4n) is 5.24. The van der Waals surface area contributed by atoms with E-state index < -0.39 is 17.8 Å². The van der Waals surface area contributed by atoms with Crippen molar-refractivity contribution < 1.29 is 18.8 Å². The monoisotopic (exact) mass is 450 g/mol. The Kier molecular flexibility index (Phi) is 5.70. The first-order valence-electron chi connectivity index (χ1n) is 11.5. The van der Waals surface area contributed by atoms with Gasteiger partial charge in [0.2, 0.25) is 11.8 Å². The van der Waals surface area contributed by atoms with Gasteiger partial charge in [-0.15, -0.1) is 0 Å². The van der Waals surface area contributed by atoms with Gasteiger partial charge in [0.25, 0.3) is 5.91 Å². The number of carbonyl (C=O) groups excluding carboxylic acids is 3. The average Bonchev–Trinajstić information content (AvgIpc) is 3.11. The predicted molar refractivity (Wildman–Crippen MR) is 119 cm³/mol. The second-order valence-corrected chi connectivity index (χ2v) is 9.30. The maximum absolute atomic E-state index is 14.5. The lowest BCUT2D eigenvalue weighted by atomic mass is 9.85. The summed E-state index contributed by atoms with van der Waals surface area (Å²) in [5.41, 5.74) is 4.22. The van der Waals surface area contributed by atoms with Gasteiger partial charge >= 0.3 is 0 Å². The van der Waals surface area contributed by atoms with Gasteiger partial charge in [0.15, 0.2) is 0 Å². The van der Waals surface area contributed by atoms with Crippen molar-refractivity contribution in [2.24, 2.45) is 0 Å². The molecule has 3 amide bonds. The van der Waals surface area contributed by atoms with E-state index in [1.807, 2.05) is 13.1 Å². The molecule has 7 nitrogen and oxygen atoms in total. The van der Waals surface area contributed by atoms with Crippen molar-refractivity contribution in [2.75, 3.05) is 13.1 Å². The first kappa shape index (κ1) is 21.7. The number of rotatable bonds is 4. The summed E-state index contributed by atoms with van der Waals surface area (Å²) in [4.78, 5) is 45.2. The third-order valence-corrected chi connectivity index (χ3v) is 7.04. The summed E-state index contributed by atoms with van der Waals surface area (Å²) in [6.45, 7) is 4.83. The van der Waals surface area contributed by atoms with Crippen LogP contribution in [-0.2, 0) is 22.7 Å². The SMILES string of the molecule is Cc1ccc(CN2CCC(c3cc(F)cc4c3CN(C3CCC(=O)NC3=O)C4=O)CC2)nc1. The van der Waals surface area contributed by atoms with Gasteiger partial charge in [0.05, 0.1) is 5.69 Å². The van der Waals surface area contributed by atoms with Crippen molar-refractivity contribution in [3.05, 3.63) is 64.2 Å². The molecule has 1 N–H and O–H groups in total. The van der Waals surface area contributed by atoms with Crippen molar-refractivity contribution in [3.63, 3.8) is 0 Å². The Morgan fingerprint density at radius 1 is 1.12 bits per heavy atom. The standard InChI is InChI=1S/C25H27FN4O3/c1-15-2-3-18(27-12-15)13-29-8-6-16(7-9-29)19-10-17(26)11-20-21(19)14-30(25(20)33)22-4-5-23(31)28-24(22)32/h2-3,10-12,16,22H,4-9,13-14H2,1H3,(H,28,31,32). The smallest absolute Gasteiger partial charge is 0.255 e. The number of imide groups is 1. The molecule has 1 aromatic carbocycles. The lowest BCUT2D eigenvalue weighted by molar-refractivity contribution is -0.136. The molecule has 0 bridgehead atoms. The molecule has 2 fully saturated rings. The van der Waals surface area contributed by atoms with Crippen LogP contribution in [0.15, 0.2) is 30.5 Å². The highest BCUT2D eigenvalue weighted by atomic mass is 19.1. The molecule has 4 heterocycles. The third kappa shape index (κ3) is 4.27. The quantitative estimate of drug-likeness (QED) is 0.725. The van der Waals surface area contributed by atoms with E-state index in [9.17, 15) is 18.8 Å². The second kappa shape index (κ2) is 8.67. The number of likely N-dealkylation sites (tertiary alicyclic amines) is 1. The van der Waals surface area contributed by atoms with Crippen molar-refractivity contribution in [1.29, 1.82) is 0 Å². The number of pyridine rings is 1. The van der Waals surface area contributed by atoms with E-state index in [0.29, 0.717) is 12.0 Å². The van der Waals surface area contributed by atoms with E-state index >= 15 is 0 Å². The number of carbonyl (C=O) groups is 3. The number of aromatic nitrogens is 1. The topological polar surface area (TPSA) is 82.6 Å². The highest BCUT2D eigenvalue weighted by molar-refractivity contribution is 6.05. The molecular weight excluding hydrogens is 423 g/mol. The molecule has 8 heteroatoms. The Morgan fingerprint density at radius 2 is 1.91 bits per heavy atom. The highest BCUT2D eigenvalue weighted by Gasteiger charge is 2.41. The van der Waals surface area contributed by atoms with Gasteiger partial charge < -0.3 is 4.90 Å². The number of hydrogen-bond donors (Lipinski definition) is 1. The summed E-state index contributed by atoms with van der Waals surface area (Å²) < 4.78 is 14.5. The molecule has 5 rings (SSSR count). The molecule has 172 valence electrons. The second-order valence-electron chi connectivity index (χ2n) is 9.30. The number of nitrogens with zero attached hydrogens (tertiary/aromatic N) is 3. The van der Waals surface area contributed by atoms with Crippen LogP contribution in [0.25, 0.3) is 0 Å². The van der Waals surface area contributed by atoms with E-state index in [-0.39, 0.29) is 30.7 Å². The van der Waals surface area contributed by atoms with Crippen molar-refractivity contribution in [1.82, 2.24) is 20.1 Å². The Bertz CT molecular complexity index is 1110. The zero-order valence-corrected chi connectivity index (χ0v) is 18.6. The molecular formula is C25H27FN4O3. The number of fused-ring (bicyclic) bond motifs is 1. The fraction of sp³-hybridized carbons (Fsp3) is 0.440. The zero-order chi connectivity index (χ0) is 23.1. The molecule has 2 saturated heterocycles. The maximum atomic E-state index is 14.5. The normalized spacial score (nSPS) is 21.9. The van der Waals surface area contributed by atoms with Crippen LogP contribution in [0.1, 0.15) is 64.3 Å². The van der Waals surface area contributed by atoms with Gasteiger partial charge in [-0.25, -0.2) is 4.39 Å². The van der Waals surface area contributed by atoms with Crippen LogP contribution in [0.4, 0.5) is 4.39 Å². The van der Waals surface area contributed by atoms with E-state index in [0.717, 1.165) is 54.9 Å². The average molecular weight is 451 g/mol. The molecule has 2 aromatic rings. The Balaban J connectivity index is 1.31. The van der Waals surface area contributed by atoms with Gasteiger partial charge in [-0.3, -0.25) is 29.6 Å². The van der Waals surface area contributed by atoms with Crippen molar-refractivity contribution in [3.8, 4) is 0 Å². The number of halogens is 1. The minimum Gasteiger partial charge on any atom is -0.322 e. The van der Waals surface area contributed by atoms with Crippen LogP contribution < -0.4 is 5.32 Å². The lowest BCUT2D eigenvalue weighted by Gasteiger charge is -2.33. The van der Waals surface area contributed by atoms with Crippen LogP contribution in [0, 0.1) is 12.7 Å². The van der Waals surface area contributed by atoms with Gasteiger partial charge in [-0.2, -0.15) is 0 Å². The molecule has 3 aliphatic heterocycles. The van der Waals surface area contributed by atoms with E-state index in [2.05, 4.69) is 27.3 Å². The van der Waals surface area contributed by atoms with E-state index in [1.165, 1.54) is 11.0 Å². The summed E-state index contributed by atoms with van der Waals surface area (Å²) in [5.74, 6) is -1.37. The first-order valence-corrected chi connectivity index (χ1v) is 11.5. The van der Waals surface area contributed by atoms with Crippen LogP contribution in [0.3, 0.4) is 0 Å². The molecule has 0 aliphatic carbocycles. The number of nitrogens with one attached hydrogen (secondary N) is 1. The Morgan fingerprint density at radius 3 is 2.61 bits per heavy atom. The largest absolute Gasteiger partial charge is 0.322 e. The number of amides is 3. The predicted octanol–water partition coefficient (Wildman–Crippen LogP) is 2.67.